The molecular formula is C12H14O. The summed E-state index contributed by atoms with van der Waals surface area (Å²) in [5.41, 5.74) is 4.12. The van der Waals surface area contributed by atoms with Crippen molar-refractivity contribution >= 4 is 6.29 Å². The van der Waals surface area contributed by atoms with Gasteiger partial charge in [-0.2, -0.15) is 0 Å². The molecule has 1 rings (SSSR count). The van der Waals surface area contributed by atoms with Crippen LogP contribution < -0.4 is 0 Å². The van der Waals surface area contributed by atoms with Gasteiger partial charge < -0.3 is 0 Å². The number of allylic oxidation sites excluding steroid dienone is 1. The summed E-state index contributed by atoms with van der Waals surface area (Å²) in [7, 11) is 0. The summed E-state index contributed by atoms with van der Waals surface area (Å²) >= 11 is 0. The molecule has 0 unspecified atom stereocenters. The first-order valence-electron chi connectivity index (χ1n) is 4.35. The van der Waals surface area contributed by atoms with E-state index in [-0.39, 0.29) is 0 Å². The van der Waals surface area contributed by atoms with Crippen molar-refractivity contribution in [2.45, 2.75) is 20.3 Å². The highest BCUT2D eigenvalue weighted by atomic mass is 16.1. The summed E-state index contributed by atoms with van der Waals surface area (Å²) in [5, 5.41) is 0. The van der Waals surface area contributed by atoms with E-state index in [4.69, 9.17) is 0 Å². The van der Waals surface area contributed by atoms with E-state index >= 15 is 0 Å². The van der Waals surface area contributed by atoms with Crippen LogP contribution in [0, 0.1) is 13.8 Å². The van der Waals surface area contributed by atoms with E-state index in [0.717, 1.165) is 29.4 Å². The van der Waals surface area contributed by atoms with Crippen molar-refractivity contribution in [2.75, 3.05) is 0 Å². The first-order chi connectivity index (χ1) is 6.19. The van der Waals surface area contributed by atoms with Crippen LogP contribution in [0.5, 0.6) is 0 Å². The number of rotatable bonds is 3. The summed E-state index contributed by atoms with van der Waals surface area (Å²) < 4.78 is 0. The van der Waals surface area contributed by atoms with Crippen molar-refractivity contribution < 1.29 is 4.79 Å². The van der Waals surface area contributed by atoms with Gasteiger partial charge in [-0.1, -0.05) is 23.8 Å². The number of hydrogen-bond acceptors (Lipinski definition) is 1. The second-order valence-corrected chi connectivity index (χ2v) is 3.27. The van der Waals surface area contributed by atoms with Gasteiger partial charge in [-0.3, -0.25) is 4.79 Å². The van der Waals surface area contributed by atoms with Gasteiger partial charge >= 0.3 is 0 Å². The van der Waals surface area contributed by atoms with Crippen molar-refractivity contribution in [2.24, 2.45) is 0 Å². The summed E-state index contributed by atoms with van der Waals surface area (Å²) in [4.78, 5) is 10.8. The van der Waals surface area contributed by atoms with E-state index in [1.807, 2.05) is 32.1 Å². The Labute approximate surface area is 79.1 Å². The highest BCUT2D eigenvalue weighted by molar-refractivity contribution is 5.80. The fourth-order valence-corrected chi connectivity index (χ4v) is 1.56. The third kappa shape index (κ3) is 2.05. The lowest BCUT2D eigenvalue weighted by molar-refractivity contribution is 0.112. The molecule has 0 heterocycles. The minimum atomic E-state index is 0.761. The van der Waals surface area contributed by atoms with E-state index in [2.05, 4.69) is 6.58 Å². The van der Waals surface area contributed by atoms with E-state index in [0.29, 0.717) is 0 Å². The molecule has 1 aromatic carbocycles. The van der Waals surface area contributed by atoms with Crippen LogP contribution in [0.15, 0.2) is 24.8 Å². The molecule has 0 amide bonds. The van der Waals surface area contributed by atoms with Gasteiger partial charge in [0.25, 0.3) is 0 Å². The molecular weight excluding hydrogens is 160 g/mol. The topological polar surface area (TPSA) is 17.1 Å². The maximum atomic E-state index is 10.8. The number of aldehydes is 1. The predicted molar refractivity (Wildman–Crippen MR) is 55.2 cm³/mol. The standard InChI is InChI=1S/C12H14O/c1-4-5-11-7-9(2)6-10(3)12(11)8-13/h4,6-8H,1,5H2,2-3H3. The number of carbonyl (C=O) groups excluding carboxylic acids is 1. The Kier molecular flexibility index (Phi) is 3.02. The first kappa shape index (κ1) is 9.72. The SMILES string of the molecule is C=CCc1cc(C)cc(C)c1C=O. The zero-order chi connectivity index (χ0) is 9.84. The van der Waals surface area contributed by atoms with Crippen molar-refractivity contribution in [1.29, 1.82) is 0 Å². The quantitative estimate of drug-likeness (QED) is 0.508. The van der Waals surface area contributed by atoms with E-state index in [1.165, 1.54) is 5.56 Å². The molecule has 0 aliphatic rings. The summed E-state index contributed by atoms with van der Waals surface area (Å²) in [6.45, 7) is 7.67. The van der Waals surface area contributed by atoms with Crippen LogP contribution in [0.4, 0.5) is 0 Å². The van der Waals surface area contributed by atoms with E-state index < -0.39 is 0 Å². The molecule has 0 aromatic heterocycles. The molecule has 0 aliphatic carbocycles. The molecule has 0 saturated heterocycles. The number of carbonyl (C=O) groups is 1. The van der Waals surface area contributed by atoms with Crippen LogP contribution in [0.2, 0.25) is 0 Å². The van der Waals surface area contributed by atoms with Crippen LogP contribution in [-0.2, 0) is 6.42 Å². The van der Waals surface area contributed by atoms with Crippen molar-refractivity contribution in [3.63, 3.8) is 0 Å². The van der Waals surface area contributed by atoms with Crippen molar-refractivity contribution in [3.05, 3.63) is 47.0 Å². The smallest absolute Gasteiger partial charge is 0.150 e. The monoisotopic (exact) mass is 174 g/mol. The Hall–Kier alpha value is -1.37. The van der Waals surface area contributed by atoms with Crippen LogP contribution in [0.25, 0.3) is 0 Å². The van der Waals surface area contributed by atoms with Gasteiger partial charge in [-0.25, -0.2) is 0 Å². The van der Waals surface area contributed by atoms with Crippen LogP contribution in [0.3, 0.4) is 0 Å². The molecule has 1 heteroatoms. The van der Waals surface area contributed by atoms with Gasteiger partial charge in [-0.15, -0.1) is 6.58 Å². The largest absolute Gasteiger partial charge is 0.298 e. The summed E-state index contributed by atoms with van der Waals surface area (Å²) in [6.07, 6.45) is 3.51. The maximum absolute atomic E-state index is 10.8. The lowest BCUT2D eigenvalue weighted by Crippen LogP contribution is -1.96. The highest BCUT2D eigenvalue weighted by Crippen LogP contribution is 2.15. The van der Waals surface area contributed by atoms with Crippen molar-refractivity contribution in [3.8, 4) is 0 Å². The third-order valence-electron chi connectivity index (χ3n) is 2.10. The third-order valence-corrected chi connectivity index (χ3v) is 2.10. The zero-order valence-corrected chi connectivity index (χ0v) is 8.13. The molecule has 0 spiro atoms. The molecule has 13 heavy (non-hydrogen) atoms. The van der Waals surface area contributed by atoms with Crippen LogP contribution >= 0.6 is 0 Å². The van der Waals surface area contributed by atoms with Gasteiger partial charge in [0, 0.05) is 5.56 Å². The van der Waals surface area contributed by atoms with Gasteiger partial charge in [0.15, 0.2) is 6.29 Å². The second kappa shape index (κ2) is 4.04. The highest BCUT2D eigenvalue weighted by Gasteiger charge is 2.04. The number of hydrogen-bond donors (Lipinski definition) is 0. The van der Waals surface area contributed by atoms with Crippen LogP contribution in [0.1, 0.15) is 27.0 Å². The lowest BCUT2D eigenvalue weighted by Gasteiger charge is -2.06. The van der Waals surface area contributed by atoms with Crippen LogP contribution in [-0.4, -0.2) is 6.29 Å². The normalized spacial score (nSPS) is 9.69. The molecule has 0 fully saturated rings. The Morgan fingerprint density at radius 1 is 1.38 bits per heavy atom. The van der Waals surface area contributed by atoms with Gasteiger partial charge in [0.2, 0.25) is 0 Å². The molecule has 68 valence electrons. The Morgan fingerprint density at radius 3 is 2.62 bits per heavy atom. The van der Waals surface area contributed by atoms with Crippen molar-refractivity contribution in [1.82, 2.24) is 0 Å². The summed E-state index contributed by atoms with van der Waals surface area (Å²) in [5.74, 6) is 0. The number of benzene rings is 1. The average molecular weight is 174 g/mol. The summed E-state index contributed by atoms with van der Waals surface area (Å²) in [6, 6.07) is 4.06. The van der Waals surface area contributed by atoms with Gasteiger partial charge in [0.05, 0.1) is 0 Å². The minimum absolute atomic E-state index is 0.761. The van der Waals surface area contributed by atoms with Gasteiger partial charge in [0.1, 0.15) is 0 Å². The predicted octanol–water partition coefficient (Wildman–Crippen LogP) is 2.84. The molecule has 0 atom stereocenters. The first-order valence-corrected chi connectivity index (χ1v) is 4.35. The Bertz CT molecular complexity index is 337. The fourth-order valence-electron chi connectivity index (χ4n) is 1.56. The second-order valence-electron chi connectivity index (χ2n) is 3.27. The zero-order valence-electron chi connectivity index (χ0n) is 8.13. The van der Waals surface area contributed by atoms with E-state index in [9.17, 15) is 4.79 Å². The molecule has 0 aliphatic heterocycles. The molecule has 1 nitrogen and oxygen atoms in total. The minimum Gasteiger partial charge on any atom is -0.298 e. The lowest BCUT2D eigenvalue weighted by atomic mass is 9.98. The maximum Gasteiger partial charge on any atom is 0.150 e. The molecule has 0 radical (unpaired) electrons. The molecule has 1 aromatic rings. The van der Waals surface area contributed by atoms with Gasteiger partial charge in [-0.05, 0) is 31.4 Å². The Balaban J connectivity index is 3.28. The molecule has 0 saturated carbocycles. The Morgan fingerprint density at radius 2 is 2.08 bits per heavy atom. The molecule has 0 bridgehead atoms. The molecule has 0 N–H and O–H groups in total. The number of aryl methyl sites for hydroxylation is 2. The van der Waals surface area contributed by atoms with E-state index in [1.54, 1.807) is 0 Å². The average Bonchev–Trinajstić information content (AvgIpc) is 2.04. The fraction of sp³-hybridized carbons (Fsp3) is 0.250.